The molecule has 1 aliphatic rings. The van der Waals surface area contributed by atoms with Crippen LogP contribution in [0.2, 0.25) is 5.02 Å². The standard InChI is InChI=1S/C19H20ClF2N3O3S/c1-13(19(26)23-14-6-7-16(21)17(22)12-14)24-8-10-25(11-9-24)29(27,28)18-5-3-2-4-15(18)20/h2-7,12-13H,8-11H2,1H3,(H,23,26). The van der Waals surface area contributed by atoms with Gasteiger partial charge >= 0.3 is 0 Å². The molecule has 1 unspecified atom stereocenters. The van der Waals surface area contributed by atoms with Crippen molar-refractivity contribution >= 4 is 33.2 Å². The van der Waals surface area contributed by atoms with Gasteiger partial charge < -0.3 is 5.32 Å². The number of carbonyl (C=O) groups excluding carboxylic acids is 1. The van der Waals surface area contributed by atoms with E-state index < -0.39 is 33.6 Å². The number of nitrogens with zero attached hydrogens (tertiary/aromatic N) is 2. The lowest BCUT2D eigenvalue weighted by molar-refractivity contribution is -0.121. The fraction of sp³-hybridized carbons (Fsp3) is 0.316. The van der Waals surface area contributed by atoms with E-state index in [1.807, 2.05) is 4.90 Å². The molecule has 0 spiro atoms. The van der Waals surface area contributed by atoms with E-state index in [4.69, 9.17) is 11.6 Å². The molecular formula is C19H20ClF2N3O3S. The highest BCUT2D eigenvalue weighted by Crippen LogP contribution is 2.25. The maximum Gasteiger partial charge on any atom is 0.244 e. The Morgan fingerprint density at radius 1 is 1.07 bits per heavy atom. The quantitative estimate of drug-likeness (QED) is 0.771. The molecule has 1 saturated heterocycles. The topological polar surface area (TPSA) is 69.7 Å². The van der Waals surface area contributed by atoms with Gasteiger partial charge in [0.15, 0.2) is 11.6 Å². The lowest BCUT2D eigenvalue weighted by atomic mass is 10.2. The highest BCUT2D eigenvalue weighted by molar-refractivity contribution is 7.89. The van der Waals surface area contributed by atoms with Gasteiger partial charge in [0.1, 0.15) is 4.90 Å². The number of hydrogen-bond acceptors (Lipinski definition) is 4. The van der Waals surface area contributed by atoms with E-state index in [9.17, 15) is 22.0 Å². The Hall–Kier alpha value is -2.07. The molecule has 156 valence electrons. The number of piperazine rings is 1. The molecule has 1 fully saturated rings. The van der Waals surface area contributed by atoms with Crippen molar-refractivity contribution in [3.05, 3.63) is 59.1 Å². The molecule has 1 aliphatic heterocycles. The molecule has 1 amide bonds. The molecule has 1 heterocycles. The first kappa shape index (κ1) is 21.6. The smallest absolute Gasteiger partial charge is 0.244 e. The summed E-state index contributed by atoms with van der Waals surface area (Å²) in [6, 6.07) is 8.80. The van der Waals surface area contributed by atoms with Gasteiger partial charge in [-0.15, -0.1) is 0 Å². The molecule has 0 aliphatic carbocycles. The number of anilines is 1. The second kappa shape index (κ2) is 8.74. The lowest BCUT2D eigenvalue weighted by Gasteiger charge is -2.36. The SMILES string of the molecule is CC(C(=O)Nc1ccc(F)c(F)c1)N1CCN(S(=O)(=O)c2ccccc2Cl)CC1. The van der Waals surface area contributed by atoms with E-state index in [-0.39, 0.29) is 28.7 Å². The summed E-state index contributed by atoms with van der Waals surface area (Å²) in [7, 11) is -3.72. The molecule has 3 rings (SSSR count). The maximum absolute atomic E-state index is 13.3. The third-order valence-corrected chi connectivity index (χ3v) is 7.24. The third kappa shape index (κ3) is 4.75. The van der Waals surface area contributed by atoms with Gasteiger partial charge in [-0.1, -0.05) is 23.7 Å². The molecule has 6 nitrogen and oxygen atoms in total. The minimum Gasteiger partial charge on any atom is -0.325 e. The molecule has 2 aromatic carbocycles. The molecule has 0 bridgehead atoms. The Balaban J connectivity index is 1.61. The first-order valence-electron chi connectivity index (χ1n) is 8.95. The van der Waals surface area contributed by atoms with Crippen LogP contribution in [0.1, 0.15) is 6.92 Å². The summed E-state index contributed by atoms with van der Waals surface area (Å²) in [5.74, 6) is -2.43. The number of sulfonamides is 1. The van der Waals surface area contributed by atoms with Crippen molar-refractivity contribution < 1.29 is 22.0 Å². The van der Waals surface area contributed by atoms with Gasteiger partial charge in [-0.3, -0.25) is 9.69 Å². The predicted molar refractivity (Wildman–Crippen MR) is 106 cm³/mol. The minimum absolute atomic E-state index is 0.0549. The Bertz CT molecular complexity index is 1010. The van der Waals surface area contributed by atoms with Gasteiger partial charge in [0.05, 0.1) is 11.1 Å². The van der Waals surface area contributed by atoms with Crippen LogP contribution in [-0.4, -0.2) is 55.8 Å². The van der Waals surface area contributed by atoms with Crippen LogP contribution >= 0.6 is 11.6 Å². The molecule has 0 radical (unpaired) electrons. The zero-order chi connectivity index (χ0) is 21.2. The normalized spacial score (nSPS) is 17.1. The number of benzene rings is 2. The third-order valence-electron chi connectivity index (χ3n) is 4.84. The Kier molecular flexibility index (Phi) is 6.52. The van der Waals surface area contributed by atoms with Crippen LogP contribution in [0, 0.1) is 11.6 Å². The maximum atomic E-state index is 13.3. The van der Waals surface area contributed by atoms with Crippen LogP contribution in [0.4, 0.5) is 14.5 Å². The zero-order valence-electron chi connectivity index (χ0n) is 15.6. The Morgan fingerprint density at radius 3 is 2.34 bits per heavy atom. The monoisotopic (exact) mass is 443 g/mol. The fourth-order valence-electron chi connectivity index (χ4n) is 3.11. The largest absolute Gasteiger partial charge is 0.325 e. The summed E-state index contributed by atoms with van der Waals surface area (Å²) in [4.78, 5) is 14.3. The molecule has 2 aromatic rings. The van der Waals surface area contributed by atoms with Gasteiger partial charge in [0.25, 0.3) is 0 Å². The van der Waals surface area contributed by atoms with Gasteiger partial charge in [0, 0.05) is 37.9 Å². The average Bonchev–Trinajstić information content (AvgIpc) is 2.70. The molecule has 0 saturated carbocycles. The van der Waals surface area contributed by atoms with Crippen molar-refractivity contribution in [2.45, 2.75) is 17.9 Å². The number of amides is 1. The number of carbonyl (C=O) groups is 1. The van der Waals surface area contributed by atoms with Crippen molar-refractivity contribution in [1.82, 2.24) is 9.21 Å². The average molecular weight is 444 g/mol. The van der Waals surface area contributed by atoms with Crippen LogP contribution in [0.15, 0.2) is 47.4 Å². The van der Waals surface area contributed by atoms with Crippen LogP contribution in [0.3, 0.4) is 0 Å². The Labute approximate surface area is 173 Å². The second-order valence-electron chi connectivity index (χ2n) is 6.66. The summed E-state index contributed by atoms with van der Waals surface area (Å²) in [5.41, 5.74) is 0.153. The molecule has 0 aromatic heterocycles. The first-order chi connectivity index (χ1) is 13.7. The predicted octanol–water partition coefficient (Wildman–Crippen LogP) is 2.95. The van der Waals surface area contributed by atoms with Crippen LogP contribution in [0.25, 0.3) is 0 Å². The zero-order valence-corrected chi connectivity index (χ0v) is 17.2. The van der Waals surface area contributed by atoms with Crippen LogP contribution in [0.5, 0.6) is 0 Å². The molecule has 1 atom stereocenters. The number of halogens is 3. The van der Waals surface area contributed by atoms with Crippen molar-refractivity contribution in [3.8, 4) is 0 Å². The number of rotatable bonds is 5. The molecule has 1 N–H and O–H groups in total. The molecular weight excluding hydrogens is 424 g/mol. The van der Waals surface area contributed by atoms with Gasteiger partial charge in [-0.05, 0) is 31.2 Å². The van der Waals surface area contributed by atoms with Gasteiger partial charge in [0.2, 0.25) is 15.9 Å². The van der Waals surface area contributed by atoms with E-state index in [0.717, 1.165) is 12.1 Å². The number of nitrogens with one attached hydrogen (secondary N) is 1. The summed E-state index contributed by atoms with van der Waals surface area (Å²) in [6.45, 7) is 2.77. The summed E-state index contributed by atoms with van der Waals surface area (Å²) < 4.78 is 53.2. The van der Waals surface area contributed by atoms with Crippen molar-refractivity contribution in [3.63, 3.8) is 0 Å². The van der Waals surface area contributed by atoms with Gasteiger partial charge in [-0.2, -0.15) is 4.31 Å². The minimum atomic E-state index is -3.72. The summed E-state index contributed by atoms with van der Waals surface area (Å²) in [6.07, 6.45) is 0. The number of hydrogen-bond donors (Lipinski definition) is 1. The lowest BCUT2D eigenvalue weighted by Crippen LogP contribution is -2.53. The van der Waals surface area contributed by atoms with Crippen LogP contribution < -0.4 is 5.32 Å². The first-order valence-corrected chi connectivity index (χ1v) is 10.8. The van der Waals surface area contributed by atoms with Crippen molar-refractivity contribution in [1.29, 1.82) is 0 Å². The fourth-order valence-corrected chi connectivity index (χ4v) is 5.03. The summed E-state index contributed by atoms with van der Waals surface area (Å²) in [5, 5.41) is 2.71. The molecule has 10 heteroatoms. The highest BCUT2D eigenvalue weighted by Gasteiger charge is 2.32. The second-order valence-corrected chi connectivity index (χ2v) is 8.98. The van der Waals surface area contributed by atoms with E-state index in [1.54, 1.807) is 19.1 Å². The van der Waals surface area contributed by atoms with Crippen molar-refractivity contribution in [2.24, 2.45) is 0 Å². The van der Waals surface area contributed by atoms with Gasteiger partial charge in [-0.25, -0.2) is 17.2 Å². The van der Waals surface area contributed by atoms with E-state index in [1.165, 1.54) is 22.5 Å². The summed E-state index contributed by atoms with van der Waals surface area (Å²) >= 11 is 6.03. The van der Waals surface area contributed by atoms with E-state index in [0.29, 0.717) is 13.1 Å². The van der Waals surface area contributed by atoms with E-state index in [2.05, 4.69) is 5.32 Å². The highest BCUT2D eigenvalue weighted by atomic mass is 35.5. The van der Waals surface area contributed by atoms with Crippen molar-refractivity contribution in [2.75, 3.05) is 31.5 Å². The van der Waals surface area contributed by atoms with Crippen LogP contribution in [-0.2, 0) is 14.8 Å². The molecule has 29 heavy (non-hydrogen) atoms. The Morgan fingerprint density at radius 2 is 1.72 bits per heavy atom. The van der Waals surface area contributed by atoms with E-state index >= 15 is 0 Å².